The van der Waals surface area contributed by atoms with Crippen LogP contribution in [0.1, 0.15) is 65.0 Å². The van der Waals surface area contributed by atoms with Gasteiger partial charge in [0, 0.05) is 0 Å². The van der Waals surface area contributed by atoms with E-state index in [2.05, 4.69) is 36.7 Å². The Bertz CT molecular complexity index is 528. The molecule has 0 spiro atoms. The summed E-state index contributed by atoms with van der Waals surface area (Å²) in [6.07, 6.45) is 3.48. The predicted molar refractivity (Wildman–Crippen MR) is 129 cm³/mol. The first-order valence-corrected chi connectivity index (χ1v) is 11.8. The Hall–Kier alpha value is -1.56. The van der Waals surface area contributed by atoms with Crippen molar-refractivity contribution in [1.29, 1.82) is 0 Å². The molecule has 0 unspecified atom stereocenters. The Morgan fingerprint density at radius 2 is 1.14 bits per heavy atom. The number of phenolic OH excluding ortho intramolecular Hbond substituents is 1. The molecule has 3 N–H and O–H groups in total. The predicted octanol–water partition coefficient (Wildman–Crippen LogP) is 6.70. The highest BCUT2D eigenvalue weighted by Gasteiger charge is 1.93. The van der Waals surface area contributed by atoms with Gasteiger partial charge in [-0.25, -0.2) is 0 Å². The van der Waals surface area contributed by atoms with E-state index in [9.17, 15) is 0 Å². The molecule has 0 aliphatic carbocycles. The number of aliphatic hydroxyl groups excluding tert-OH is 2. The van der Waals surface area contributed by atoms with Crippen molar-refractivity contribution in [1.82, 2.24) is 0 Å². The molecule has 0 atom stereocenters. The molecule has 0 radical (unpaired) electrons. The highest BCUT2D eigenvalue weighted by atomic mass is 79.9. The molecule has 5 heteroatoms. The molecule has 0 saturated heterocycles. The molecule has 0 aromatic heterocycles. The summed E-state index contributed by atoms with van der Waals surface area (Å²) in [5.74, 6) is 2.92. The van der Waals surface area contributed by atoms with Gasteiger partial charge >= 0.3 is 0 Å². The second-order valence-corrected chi connectivity index (χ2v) is 5.54. The molecule has 0 aliphatic heterocycles. The van der Waals surface area contributed by atoms with Gasteiger partial charge in [0.2, 0.25) is 0 Å². The molecule has 0 bridgehead atoms. The molecule has 4 nitrogen and oxygen atoms in total. The lowest BCUT2D eigenvalue weighted by Crippen LogP contribution is -1.96. The van der Waals surface area contributed by atoms with Gasteiger partial charge in [-0.2, -0.15) is 0 Å². The molecule has 0 amide bonds. The summed E-state index contributed by atoms with van der Waals surface area (Å²) in [7, 11) is 0. The number of unbranched alkanes of at least 4 members (excludes halogenated alkanes) is 1. The largest absolute Gasteiger partial charge is 0.508 e. The maximum Gasteiger partial charge on any atom is 0.119 e. The van der Waals surface area contributed by atoms with Crippen LogP contribution in [0.25, 0.3) is 0 Å². The van der Waals surface area contributed by atoms with E-state index in [1.807, 2.05) is 43.9 Å². The van der Waals surface area contributed by atoms with E-state index in [1.165, 1.54) is 6.42 Å². The zero-order chi connectivity index (χ0) is 22.9. The van der Waals surface area contributed by atoms with Crippen molar-refractivity contribution in [3.8, 4) is 11.5 Å². The standard InChI is InChI=1S/C11H16O2.C7H8O2.C3H8.C2H6.CH3Br/c1-2-3-8-13-11-6-4-10(9-12)5-7-11;8-5-6-1-3-7(9)4-2-6;1-3-2;2*1-2/h4-7,12H,2-3,8-9H2,1H3;1-4,8-9H,5H2;3H2,1-2H3;1-2H3;1H3. The van der Waals surface area contributed by atoms with Crippen LogP contribution >= 0.6 is 15.9 Å². The summed E-state index contributed by atoms with van der Waals surface area (Å²) in [6.45, 7) is 11.3. The highest BCUT2D eigenvalue weighted by Crippen LogP contribution is 2.12. The first kappa shape index (κ1) is 32.1. The van der Waals surface area contributed by atoms with Gasteiger partial charge in [0.1, 0.15) is 11.5 Å². The molecule has 168 valence electrons. The Labute approximate surface area is 186 Å². The van der Waals surface area contributed by atoms with E-state index >= 15 is 0 Å². The third-order valence-corrected chi connectivity index (χ3v) is 2.99. The maximum absolute atomic E-state index is 8.80. The second kappa shape index (κ2) is 26.4. The van der Waals surface area contributed by atoms with Crippen molar-refractivity contribution in [2.24, 2.45) is 0 Å². The fourth-order valence-electron chi connectivity index (χ4n) is 1.63. The number of aromatic hydroxyl groups is 1. The fourth-order valence-corrected chi connectivity index (χ4v) is 1.63. The second-order valence-electron chi connectivity index (χ2n) is 5.54. The minimum Gasteiger partial charge on any atom is -0.508 e. The SMILES string of the molecule is CBr.CC.CCC.CCCCOc1ccc(CO)cc1.OCc1ccc(O)cc1. The number of rotatable bonds is 6. The van der Waals surface area contributed by atoms with Gasteiger partial charge < -0.3 is 20.1 Å². The van der Waals surface area contributed by atoms with E-state index in [-0.39, 0.29) is 19.0 Å². The number of hydrogen-bond donors (Lipinski definition) is 3. The monoisotopic (exact) mass is 472 g/mol. The van der Waals surface area contributed by atoms with Crippen molar-refractivity contribution < 1.29 is 20.1 Å². The molecule has 0 aliphatic rings. The van der Waals surface area contributed by atoms with Crippen molar-refractivity contribution in [3.63, 3.8) is 0 Å². The van der Waals surface area contributed by atoms with Crippen molar-refractivity contribution >= 4 is 15.9 Å². The fraction of sp³-hybridized carbons (Fsp3) is 0.500. The van der Waals surface area contributed by atoms with Crippen molar-refractivity contribution in [3.05, 3.63) is 59.7 Å². The quantitative estimate of drug-likeness (QED) is 0.323. The number of halogens is 1. The minimum absolute atomic E-state index is 0.0281. The lowest BCUT2D eigenvalue weighted by atomic mass is 10.2. The van der Waals surface area contributed by atoms with Gasteiger partial charge in [-0.05, 0) is 47.6 Å². The summed E-state index contributed by atoms with van der Waals surface area (Å²) < 4.78 is 5.46. The number of hydrogen-bond acceptors (Lipinski definition) is 4. The first-order valence-electron chi connectivity index (χ1n) is 10.2. The molecule has 29 heavy (non-hydrogen) atoms. The van der Waals surface area contributed by atoms with Crippen LogP contribution in [0.5, 0.6) is 11.5 Å². The van der Waals surface area contributed by atoms with Gasteiger partial charge in [0.25, 0.3) is 0 Å². The Morgan fingerprint density at radius 1 is 0.759 bits per heavy atom. The van der Waals surface area contributed by atoms with Crippen LogP contribution in [-0.4, -0.2) is 27.8 Å². The van der Waals surface area contributed by atoms with Crippen LogP contribution in [0.3, 0.4) is 0 Å². The third-order valence-electron chi connectivity index (χ3n) is 2.99. The summed E-state index contributed by atoms with van der Waals surface area (Å²) in [6, 6.07) is 14.0. The first-order chi connectivity index (χ1) is 14.1. The normalized spacial score (nSPS) is 8.45. The molecule has 2 aromatic rings. The zero-order valence-electron chi connectivity index (χ0n) is 19.0. The van der Waals surface area contributed by atoms with Gasteiger partial charge in [-0.1, -0.05) is 87.7 Å². The van der Waals surface area contributed by atoms with Crippen molar-refractivity contribution in [2.75, 3.05) is 12.4 Å². The molecular formula is C24H41BrO4. The molecule has 0 saturated carbocycles. The van der Waals surface area contributed by atoms with Crippen LogP contribution in [-0.2, 0) is 13.2 Å². The molecular weight excluding hydrogens is 432 g/mol. The average molecular weight is 473 g/mol. The summed E-state index contributed by atoms with van der Waals surface area (Å²) in [5.41, 5.74) is 1.73. The summed E-state index contributed by atoms with van der Waals surface area (Å²) in [5, 5.41) is 26.1. The topological polar surface area (TPSA) is 69.9 Å². The molecule has 2 aromatic carbocycles. The van der Waals surface area contributed by atoms with Gasteiger partial charge in [-0.15, -0.1) is 0 Å². The van der Waals surface area contributed by atoms with Gasteiger partial charge in [0.05, 0.1) is 19.8 Å². The Kier molecular flexibility index (Phi) is 29.3. The van der Waals surface area contributed by atoms with Gasteiger partial charge in [0.15, 0.2) is 0 Å². The van der Waals surface area contributed by atoms with E-state index in [0.717, 1.165) is 36.3 Å². The number of alkyl halides is 1. The Balaban J connectivity index is -0.000000368. The smallest absolute Gasteiger partial charge is 0.119 e. The lowest BCUT2D eigenvalue weighted by Gasteiger charge is -2.05. The number of benzene rings is 2. The highest BCUT2D eigenvalue weighted by molar-refractivity contribution is 9.08. The molecule has 0 fully saturated rings. The Morgan fingerprint density at radius 3 is 1.48 bits per heavy atom. The number of ether oxygens (including phenoxy) is 1. The van der Waals surface area contributed by atoms with Crippen LogP contribution in [0.2, 0.25) is 0 Å². The van der Waals surface area contributed by atoms with Crippen molar-refractivity contribution in [2.45, 2.75) is 67.1 Å². The number of aliphatic hydroxyl groups is 2. The average Bonchev–Trinajstić information content (AvgIpc) is 2.79. The van der Waals surface area contributed by atoms with E-state index in [0.29, 0.717) is 0 Å². The van der Waals surface area contributed by atoms with E-state index in [1.54, 1.807) is 24.3 Å². The van der Waals surface area contributed by atoms with Crippen LogP contribution in [0, 0.1) is 0 Å². The molecule has 0 heterocycles. The number of phenols is 1. The van der Waals surface area contributed by atoms with Crippen LogP contribution in [0.4, 0.5) is 0 Å². The summed E-state index contributed by atoms with van der Waals surface area (Å²) >= 11 is 2.94. The van der Waals surface area contributed by atoms with E-state index in [4.69, 9.17) is 20.1 Å². The zero-order valence-corrected chi connectivity index (χ0v) is 20.6. The van der Waals surface area contributed by atoms with Crippen LogP contribution in [0.15, 0.2) is 48.5 Å². The lowest BCUT2D eigenvalue weighted by molar-refractivity contribution is 0.281. The maximum atomic E-state index is 8.80. The van der Waals surface area contributed by atoms with Gasteiger partial charge in [-0.3, -0.25) is 0 Å². The minimum atomic E-state index is 0.0281. The van der Waals surface area contributed by atoms with E-state index < -0.39 is 0 Å². The third kappa shape index (κ3) is 21.0. The van der Waals surface area contributed by atoms with Crippen LogP contribution < -0.4 is 4.74 Å². The summed E-state index contributed by atoms with van der Waals surface area (Å²) in [4.78, 5) is 0. The molecule has 2 rings (SSSR count).